The van der Waals surface area contributed by atoms with Gasteiger partial charge in [0, 0.05) is 29.3 Å². The summed E-state index contributed by atoms with van der Waals surface area (Å²) in [5.74, 6) is -1.36. The number of halogens is 1. The molecular weight excluding hydrogens is 324 g/mol. The van der Waals surface area contributed by atoms with E-state index in [4.69, 9.17) is 16.3 Å². The normalized spacial score (nSPS) is 17.6. The second-order valence-electron chi connectivity index (χ2n) is 4.82. The summed E-state index contributed by atoms with van der Waals surface area (Å²) in [7, 11) is 1.23. The number of methoxy groups -OCH3 is 1. The number of nitro groups is 1. The minimum atomic E-state index is -0.755. The lowest BCUT2D eigenvalue weighted by Gasteiger charge is -2.27. The summed E-state index contributed by atoms with van der Waals surface area (Å²) in [6, 6.07) is 5.58. The number of dihydropyridines is 1. The van der Waals surface area contributed by atoms with Gasteiger partial charge < -0.3 is 10.1 Å². The molecule has 1 N–H and O–H groups in total. The van der Waals surface area contributed by atoms with Crippen molar-refractivity contribution in [3.05, 3.63) is 61.9 Å². The Morgan fingerprint density at radius 2 is 2.00 bits per heavy atom. The van der Waals surface area contributed by atoms with Crippen LogP contribution in [0, 0.1) is 10.1 Å². The number of aldehydes is 1. The van der Waals surface area contributed by atoms with Gasteiger partial charge in [0.15, 0.2) is 0 Å². The molecule has 1 unspecified atom stereocenters. The standard InChI is InChI=1S/C15H13ClN2O5/c1-8-12(15(20)23-2)13(11(7-19)14(16)17-8)9-3-5-10(6-4-9)18(21)22/h3-7,13,17H,1-2H3. The quantitative estimate of drug-likeness (QED) is 0.298. The number of rotatable bonds is 4. The molecule has 2 rings (SSSR count). The molecule has 1 aromatic rings. The summed E-state index contributed by atoms with van der Waals surface area (Å²) in [5, 5.41) is 13.6. The molecule has 0 bridgehead atoms. The summed E-state index contributed by atoms with van der Waals surface area (Å²) in [4.78, 5) is 33.7. The highest BCUT2D eigenvalue weighted by atomic mass is 35.5. The summed E-state index contributed by atoms with van der Waals surface area (Å²) in [6.45, 7) is 1.63. The molecule has 1 atom stereocenters. The van der Waals surface area contributed by atoms with Gasteiger partial charge >= 0.3 is 5.97 Å². The van der Waals surface area contributed by atoms with E-state index < -0.39 is 16.8 Å². The number of hydrogen-bond acceptors (Lipinski definition) is 6. The highest BCUT2D eigenvalue weighted by Crippen LogP contribution is 2.38. The molecule has 1 aliphatic heterocycles. The summed E-state index contributed by atoms with van der Waals surface area (Å²) in [5.41, 5.74) is 1.28. The van der Waals surface area contributed by atoms with Crippen molar-refractivity contribution in [2.24, 2.45) is 0 Å². The van der Waals surface area contributed by atoms with Crippen LogP contribution in [-0.4, -0.2) is 24.3 Å². The van der Waals surface area contributed by atoms with Crippen LogP contribution in [0.25, 0.3) is 0 Å². The molecule has 1 heterocycles. The average Bonchev–Trinajstić information content (AvgIpc) is 2.53. The van der Waals surface area contributed by atoms with Crippen molar-refractivity contribution < 1.29 is 19.2 Å². The van der Waals surface area contributed by atoms with Gasteiger partial charge in [-0.15, -0.1) is 0 Å². The number of carbonyl (C=O) groups excluding carboxylic acids is 2. The first-order valence-corrected chi connectivity index (χ1v) is 6.93. The third kappa shape index (κ3) is 3.09. The van der Waals surface area contributed by atoms with Gasteiger partial charge in [-0.3, -0.25) is 14.9 Å². The zero-order valence-electron chi connectivity index (χ0n) is 12.3. The molecule has 1 aliphatic rings. The Kier molecular flexibility index (Phi) is 4.80. The van der Waals surface area contributed by atoms with Gasteiger partial charge in [0.25, 0.3) is 5.69 Å². The van der Waals surface area contributed by atoms with Crippen LogP contribution in [0.5, 0.6) is 0 Å². The first-order chi connectivity index (χ1) is 10.9. The van der Waals surface area contributed by atoms with Crippen LogP contribution >= 0.6 is 11.6 Å². The number of benzene rings is 1. The topological polar surface area (TPSA) is 98.5 Å². The van der Waals surface area contributed by atoms with E-state index in [9.17, 15) is 19.7 Å². The molecule has 0 fully saturated rings. The lowest BCUT2D eigenvalue weighted by atomic mass is 9.82. The Bertz CT molecular complexity index is 737. The minimum absolute atomic E-state index is 0.0919. The van der Waals surface area contributed by atoms with Crippen molar-refractivity contribution in [3.63, 3.8) is 0 Å². The summed E-state index contributed by atoms with van der Waals surface area (Å²) >= 11 is 6.06. The van der Waals surface area contributed by atoms with E-state index in [2.05, 4.69) is 5.32 Å². The summed E-state index contributed by atoms with van der Waals surface area (Å²) in [6.07, 6.45) is 0.552. The van der Waals surface area contributed by atoms with Gasteiger partial charge in [-0.05, 0) is 12.5 Å². The van der Waals surface area contributed by atoms with Gasteiger partial charge in [0.1, 0.15) is 11.4 Å². The number of non-ortho nitro benzene ring substituents is 1. The monoisotopic (exact) mass is 336 g/mol. The molecule has 0 spiro atoms. The van der Waals surface area contributed by atoms with Crippen molar-refractivity contribution in [2.45, 2.75) is 12.8 Å². The second-order valence-corrected chi connectivity index (χ2v) is 5.20. The van der Waals surface area contributed by atoms with E-state index in [1.165, 1.54) is 31.4 Å². The third-order valence-corrected chi connectivity index (χ3v) is 3.84. The number of allylic oxidation sites excluding steroid dienone is 2. The second kappa shape index (κ2) is 6.62. The van der Waals surface area contributed by atoms with Crippen LogP contribution in [0.1, 0.15) is 18.4 Å². The molecular formula is C15H13ClN2O5. The van der Waals surface area contributed by atoms with Crippen molar-refractivity contribution >= 4 is 29.5 Å². The zero-order valence-corrected chi connectivity index (χ0v) is 13.1. The van der Waals surface area contributed by atoms with Gasteiger partial charge in [-0.2, -0.15) is 0 Å². The van der Waals surface area contributed by atoms with E-state index in [-0.39, 0.29) is 22.0 Å². The smallest absolute Gasteiger partial charge is 0.336 e. The maximum Gasteiger partial charge on any atom is 0.336 e. The first-order valence-electron chi connectivity index (χ1n) is 6.56. The molecule has 0 radical (unpaired) electrons. The molecule has 23 heavy (non-hydrogen) atoms. The molecule has 1 aromatic carbocycles. The van der Waals surface area contributed by atoms with Gasteiger partial charge in [-0.1, -0.05) is 23.7 Å². The van der Waals surface area contributed by atoms with Crippen molar-refractivity contribution in [3.8, 4) is 0 Å². The zero-order chi connectivity index (χ0) is 17.1. The maximum atomic E-state index is 12.1. The molecule has 0 aliphatic carbocycles. The first kappa shape index (κ1) is 16.7. The molecule has 8 heteroatoms. The van der Waals surface area contributed by atoms with E-state index in [0.29, 0.717) is 17.5 Å². The maximum absolute atomic E-state index is 12.1. The Morgan fingerprint density at radius 3 is 2.48 bits per heavy atom. The molecule has 0 amide bonds. The van der Waals surface area contributed by atoms with E-state index >= 15 is 0 Å². The van der Waals surface area contributed by atoms with Crippen LogP contribution < -0.4 is 5.32 Å². The van der Waals surface area contributed by atoms with Crippen LogP contribution in [0.15, 0.2) is 46.3 Å². The van der Waals surface area contributed by atoms with Gasteiger partial charge in [0.05, 0.1) is 17.6 Å². The SMILES string of the molecule is COC(=O)C1=C(C)NC(Cl)=C(C=O)C1c1ccc([N+](=O)[O-])cc1. The van der Waals surface area contributed by atoms with E-state index in [0.717, 1.165) is 0 Å². The van der Waals surface area contributed by atoms with Crippen LogP contribution in [-0.2, 0) is 14.3 Å². The Balaban J connectivity index is 2.59. The number of nitro benzene ring substituents is 1. The predicted molar refractivity (Wildman–Crippen MR) is 82.6 cm³/mol. The van der Waals surface area contributed by atoms with Gasteiger partial charge in [0.2, 0.25) is 0 Å². The van der Waals surface area contributed by atoms with Crippen LogP contribution in [0.2, 0.25) is 0 Å². The lowest BCUT2D eigenvalue weighted by Crippen LogP contribution is -2.28. The number of carbonyl (C=O) groups is 2. The lowest BCUT2D eigenvalue weighted by molar-refractivity contribution is -0.384. The van der Waals surface area contributed by atoms with Crippen molar-refractivity contribution in [2.75, 3.05) is 7.11 Å². The number of hydrogen-bond donors (Lipinski definition) is 1. The molecule has 120 valence electrons. The largest absolute Gasteiger partial charge is 0.466 e. The highest BCUT2D eigenvalue weighted by Gasteiger charge is 2.34. The van der Waals surface area contributed by atoms with Crippen molar-refractivity contribution in [1.29, 1.82) is 0 Å². The van der Waals surface area contributed by atoms with Crippen LogP contribution in [0.4, 0.5) is 5.69 Å². The number of nitrogens with zero attached hydrogens (tertiary/aromatic N) is 1. The fourth-order valence-electron chi connectivity index (χ4n) is 2.44. The molecule has 7 nitrogen and oxygen atoms in total. The number of ether oxygens (including phenoxy) is 1. The number of nitrogens with one attached hydrogen (secondary N) is 1. The Hall–Kier alpha value is -2.67. The Labute approximate surface area is 136 Å². The Morgan fingerprint density at radius 1 is 1.39 bits per heavy atom. The fraction of sp³-hybridized carbons (Fsp3) is 0.200. The van der Waals surface area contributed by atoms with E-state index in [1.54, 1.807) is 6.92 Å². The molecule has 0 saturated carbocycles. The summed E-state index contributed by atoms with van der Waals surface area (Å²) < 4.78 is 4.78. The highest BCUT2D eigenvalue weighted by molar-refractivity contribution is 6.31. The van der Waals surface area contributed by atoms with Crippen molar-refractivity contribution in [1.82, 2.24) is 5.32 Å². The predicted octanol–water partition coefficient (Wildman–Crippen LogP) is 2.38. The van der Waals surface area contributed by atoms with Gasteiger partial charge in [-0.25, -0.2) is 4.79 Å². The number of esters is 1. The van der Waals surface area contributed by atoms with Crippen LogP contribution in [0.3, 0.4) is 0 Å². The van der Waals surface area contributed by atoms with E-state index in [1.807, 2.05) is 0 Å². The minimum Gasteiger partial charge on any atom is -0.466 e. The molecule has 0 aromatic heterocycles. The average molecular weight is 337 g/mol. The third-order valence-electron chi connectivity index (χ3n) is 3.52. The fourth-order valence-corrected chi connectivity index (χ4v) is 2.73. The molecule has 0 saturated heterocycles.